The number of rotatable bonds is 8. The molecular formula is C23H26O12S. The predicted molar refractivity (Wildman–Crippen MR) is 123 cm³/mol. The van der Waals surface area contributed by atoms with Crippen molar-refractivity contribution >= 4 is 27.7 Å². The minimum atomic E-state index is -4.26. The number of benzene rings is 2. The molecule has 0 heterocycles. The van der Waals surface area contributed by atoms with Gasteiger partial charge in [-0.25, -0.2) is 18.0 Å². The molecule has 0 amide bonds. The van der Waals surface area contributed by atoms with E-state index in [2.05, 4.69) is 0 Å². The van der Waals surface area contributed by atoms with E-state index < -0.39 is 96.2 Å². The van der Waals surface area contributed by atoms with Gasteiger partial charge in [0, 0.05) is 18.1 Å². The maximum Gasteiger partial charge on any atom is 0.345 e. The first-order chi connectivity index (χ1) is 16.4. The van der Waals surface area contributed by atoms with Crippen molar-refractivity contribution < 1.29 is 57.8 Å². The van der Waals surface area contributed by atoms with Crippen LogP contribution in [0.2, 0.25) is 0 Å². The lowest BCUT2D eigenvalue weighted by Crippen LogP contribution is -2.29. The van der Waals surface area contributed by atoms with E-state index in [4.69, 9.17) is 14.6 Å². The molecular weight excluding hydrogens is 500 g/mol. The second kappa shape index (κ2) is 10.3. The Hall–Kier alpha value is -4.00. The topological polar surface area (TPSA) is 205 Å². The van der Waals surface area contributed by atoms with Gasteiger partial charge in [-0.3, -0.25) is 4.79 Å². The summed E-state index contributed by atoms with van der Waals surface area (Å²) in [5.41, 5.74) is -3.02. The molecule has 12 nitrogen and oxygen atoms in total. The van der Waals surface area contributed by atoms with Gasteiger partial charge < -0.3 is 35.0 Å². The van der Waals surface area contributed by atoms with Crippen LogP contribution >= 0.6 is 0 Å². The lowest BCUT2D eigenvalue weighted by atomic mass is 9.97. The molecule has 0 aromatic heterocycles. The van der Waals surface area contributed by atoms with Gasteiger partial charge in [0.05, 0.1) is 16.9 Å². The van der Waals surface area contributed by atoms with Crippen LogP contribution < -0.4 is 0 Å². The van der Waals surface area contributed by atoms with E-state index >= 15 is 0 Å². The van der Waals surface area contributed by atoms with Crippen molar-refractivity contribution in [2.75, 3.05) is 0 Å². The van der Waals surface area contributed by atoms with Gasteiger partial charge in [-0.05, 0) is 45.0 Å². The lowest BCUT2D eigenvalue weighted by Gasteiger charge is -2.21. The zero-order valence-electron chi connectivity index (χ0n) is 19.8. The largest absolute Gasteiger partial charge is 0.508 e. The number of carboxylic acid groups (broad SMARTS) is 1. The number of ether oxygens (including phenoxy) is 2. The molecule has 0 radical (unpaired) electrons. The van der Waals surface area contributed by atoms with E-state index in [1.54, 1.807) is 20.8 Å². The highest BCUT2D eigenvalue weighted by Gasteiger charge is 2.28. The molecule has 196 valence electrons. The fraction of sp³-hybridized carbons (Fsp3) is 0.348. The molecule has 1 unspecified atom stereocenters. The van der Waals surface area contributed by atoms with Crippen LogP contribution in [0.3, 0.4) is 0 Å². The highest BCUT2D eigenvalue weighted by molar-refractivity contribution is 7.89. The number of phenols is 4. The zero-order chi connectivity index (χ0) is 27.6. The summed E-state index contributed by atoms with van der Waals surface area (Å²) in [5.74, 6) is -8.25. The van der Waals surface area contributed by atoms with Gasteiger partial charge >= 0.3 is 17.9 Å². The number of carbonyl (C=O) groups is 3. The Labute approximate surface area is 206 Å². The molecule has 0 saturated carbocycles. The number of sulfone groups is 1. The van der Waals surface area contributed by atoms with Crippen molar-refractivity contribution in [2.45, 2.75) is 45.5 Å². The number of carboxylic acids is 1. The van der Waals surface area contributed by atoms with Gasteiger partial charge in [-0.1, -0.05) is 0 Å². The molecule has 13 heteroatoms. The summed E-state index contributed by atoms with van der Waals surface area (Å²) in [5, 5.41) is 49.3. The summed E-state index contributed by atoms with van der Waals surface area (Å²) < 4.78 is 35.4. The molecule has 36 heavy (non-hydrogen) atoms. The highest BCUT2D eigenvalue weighted by atomic mass is 32.2. The van der Waals surface area contributed by atoms with Gasteiger partial charge in [0.15, 0.2) is 9.84 Å². The molecule has 0 bridgehead atoms. The fourth-order valence-electron chi connectivity index (χ4n) is 2.98. The Kier molecular flexibility index (Phi) is 8.09. The van der Waals surface area contributed by atoms with Crippen molar-refractivity contribution in [2.24, 2.45) is 5.41 Å². The number of aromatic hydroxyl groups is 4. The first-order valence-corrected chi connectivity index (χ1v) is 12.2. The standard InChI is InChI=1S/C23H26O12S/c1-11(35-22(31)23(2,3)4)34-21(30)17-8-15(25)6-13(19(17)27)10-36(32,33)9-12-5-14(24)7-16(18(12)26)20(28)29/h5-8,11,24-27H,9-10H2,1-4H3,(H,28,29). The zero-order valence-corrected chi connectivity index (χ0v) is 20.6. The molecule has 5 N–H and O–H groups in total. The molecule has 2 aromatic carbocycles. The maximum atomic E-state index is 12.7. The molecule has 0 aliphatic rings. The predicted octanol–water partition coefficient (Wildman–Crippen LogP) is 2.41. The summed E-state index contributed by atoms with van der Waals surface area (Å²) in [6.45, 7) is 5.99. The van der Waals surface area contributed by atoms with E-state index in [0.717, 1.165) is 24.3 Å². The summed E-state index contributed by atoms with van der Waals surface area (Å²) in [6.07, 6.45) is -1.37. The SMILES string of the molecule is CC(OC(=O)c1cc(O)cc(CS(=O)(=O)Cc2cc(O)cc(C(=O)O)c2O)c1O)OC(=O)C(C)(C)C. The van der Waals surface area contributed by atoms with Crippen molar-refractivity contribution in [1.82, 2.24) is 0 Å². The van der Waals surface area contributed by atoms with Gasteiger partial charge in [-0.2, -0.15) is 0 Å². The van der Waals surface area contributed by atoms with Crippen molar-refractivity contribution in [1.29, 1.82) is 0 Å². The Morgan fingerprint density at radius 2 is 1.28 bits per heavy atom. The summed E-state index contributed by atoms with van der Waals surface area (Å²) >= 11 is 0. The van der Waals surface area contributed by atoms with Crippen LogP contribution in [0.15, 0.2) is 24.3 Å². The minimum Gasteiger partial charge on any atom is -0.508 e. The number of phenolic OH excluding ortho intramolecular Hbond substituents is 3. The second-order valence-corrected chi connectivity index (χ2v) is 11.0. The summed E-state index contributed by atoms with van der Waals surface area (Å²) in [6, 6.07) is 3.32. The van der Waals surface area contributed by atoms with Gasteiger partial charge in [0.2, 0.25) is 6.29 Å². The van der Waals surface area contributed by atoms with E-state index in [0.29, 0.717) is 0 Å². The minimum absolute atomic E-state index is 0.403. The van der Waals surface area contributed by atoms with E-state index in [1.165, 1.54) is 6.92 Å². The van der Waals surface area contributed by atoms with Crippen LogP contribution in [0.4, 0.5) is 0 Å². The quantitative estimate of drug-likeness (QED) is 0.191. The van der Waals surface area contributed by atoms with E-state index in [9.17, 15) is 43.2 Å². The summed E-state index contributed by atoms with van der Waals surface area (Å²) in [7, 11) is -4.26. The van der Waals surface area contributed by atoms with Crippen LogP contribution in [-0.4, -0.2) is 58.1 Å². The smallest absolute Gasteiger partial charge is 0.345 e. The molecule has 0 aliphatic heterocycles. The van der Waals surface area contributed by atoms with Crippen LogP contribution in [0, 0.1) is 5.41 Å². The highest BCUT2D eigenvalue weighted by Crippen LogP contribution is 2.33. The third-order valence-electron chi connectivity index (χ3n) is 4.71. The molecule has 0 spiro atoms. The van der Waals surface area contributed by atoms with E-state index in [1.807, 2.05) is 0 Å². The fourth-order valence-corrected chi connectivity index (χ4v) is 4.47. The number of esters is 2. The summed E-state index contributed by atoms with van der Waals surface area (Å²) in [4.78, 5) is 35.6. The van der Waals surface area contributed by atoms with Gasteiger partial charge in [0.1, 0.15) is 34.1 Å². The molecule has 2 aromatic rings. The molecule has 2 rings (SSSR count). The van der Waals surface area contributed by atoms with Crippen LogP contribution in [0.5, 0.6) is 23.0 Å². The van der Waals surface area contributed by atoms with Crippen LogP contribution in [0.25, 0.3) is 0 Å². The maximum absolute atomic E-state index is 12.7. The first kappa shape index (κ1) is 28.2. The van der Waals surface area contributed by atoms with Crippen LogP contribution in [0.1, 0.15) is 59.5 Å². The molecule has 0 saturated heterocycles. The van der Waals surface area contributed by atoms with Gasteiger partial charge in [0.25, 0.3) is 0 Å². The Morgan fingerprint density at radius 1 is 0.833 bits per heavy atom. The average Bonchev–Trinajstić information content (AvgIpc) is 2.71. The van der Waals surface area contributed by atoms with Crippen molar-refractivity contribution in [3.63, 3.8) is 0 Å². The third-order valence-corrected chi connectivity index (χ3v) is 6.21. The Morgan fingerprint density at radius 3 is 1.72 bits per heavy atom. The number of hydrogen-bond donors (Lipinski definition) is 5. The number of aromatic carboxylic acids is 1. The third kappa shape index (κ3) is 7.01. The Bertz CT molecular complexity index is 1310. The molecule has 0 fully saturated rings. The molecule has 0 aliphatic carbocycles. The van der Waals surface area contributed by atoms with Crippen LogP contribution in [-0.2, 0) is 35.6 Å². The Balaban J connectivity index is 2.30. The van der Waals surface area contributed by atoms with Crippen molar-refractivity contribution in [3.05, 3.63) is 46.5 Å². The second-order valence-electron chi connectivity index (χ2n) is 8.97. The normalized spacial score (nSPS) is 12.6. The number of carbonyl (C=O) groups excluding carboxylic acids is 2. The van der Waals surface area contributed by atoms with Crippen molar-refractivity contribution in [3.8, 4) is 23.0 Å². The van der Waals surface area contributed by atoms with E-state index in [-0.39, 0.29) is 0 Å². The average molecular weight is 527 g/mol. The first-order valence-electron chi connectivity index (χ1n) is 10.4. The molecule has 1 atom stereocenters. The number of hydrogen-bond acceptors (Lipinski definition) is 11. The lowest BCUT2D eigenvalue weighted by molar-refractivity contribution is -0.174. The monoisotopic (exact) mass is 526 g/mol. The van der Waals surface area contributed by atoms with Gasteiger partial charge in [-0.15, -0.1) is 0 Å².